The van der Waals surface area contributed by atoms with Crippen molar-refractivity contribution in [3.8, 4) is 0 Å². The molecule has 2 atom stereocenters. The second-order valence-electron chi connectivity index (χ2n) is 6.85. The van der Waals surface area contributed by atoms with Gasteiger partial charge >= 0.3 is 0 Å². The predicted octanol–water partition coefficient (Wildman–Crippen LogP) is 2.60. The SMILES string of the molecule is Cc1ccc(C)c([C@H]2CN(C(=O)c3ccn(C)c(=O)c3)[C@H](C)CO2)c1. The zero-order chi connectivity index (χ0) is 18.1. The summed E-state index contributed by atoms with van der Waals surface area (Å²) in [4.78, 5) is 26.6. The first-order valence-corrected chi connectivity index (χ1v) is 8.53. The number of hydrogen-bond donors (Lipinski definition) is 0. The third-order valence-electron chi connectivity index (χ3n) is 4.83. The standard InChI is InChI=1S/C20H24N2O3/c1-13-5-6-14(2)17(9-13)18-11-22(15(3)12-25-18)20(24)16-7-8-21(4)19(23)10-16/h5-10,15,18H,11-12H2,1-4H3/t15-,18-/m1/s1. The second kappa shape index (κ2) is 6.84. The number of aromatic nitrogens is 1. The van der Waals surface area contributed by atoms with Gasteiger partial charge in [0.15, 0.2) is 0 Å². The van der Waals surface area contributed by atoms with Crippen LogP contribution in [0.2, 0.25) is 0 Å². The molecule has 132 valence electrons. The maximum absolute atomic E-state index is 12.9. The van der Waals surface area contributed by atoms with Crippen LogP contribution < -0.4 is 5.56 Å². The molecule has 1 aromatic carbocycles. The highest BCUT2D eigenvalue weighted by Crippen LogP contribution is 2.28. The monoisotopic (exact) mass is 340 g/mol. The molecule has 0 bridgehead atoms. The van der Waals surface area contributed by atoms with Crippen molar-refractivity contribution in [1.82, 2.24) is 9.47 Å². The van der Waals surface area contributed by atoms with Crippen molar-refractivity contribution >= 4 is 5.91 Å². The fourth-order valence-corrected chi connectivity index (χ4v) is 3.18. The van der Waals surface area contributed by atoms with Crippen LogP contribution in [0, 0.1) is 13.8 Å². The molecule has 1 saturated heterocycles. The first-order valence-electron chi connectivity index (χ1n) is 8.53. The molecule has 5 heteroatoms. The zero-order valence-corrected chi connectivity index (χ0v) is 15.2. The molecule has 3 rings (SSSR count). The summed E-state index contributed by atoms with van der Waals surface area (Å²) in [6.07, 6.45) is 1.48. The van der Waals surface area contributed by atoms with Crippen LogP contribution in [0.5, 0.6) is 0 Å². The van der Waals surface area contributed by atoms with Gasteiger partial charge in [0.2, 0.25) is 0 Å². The molecular formula is C20H24N2O3. The van der Waals surface area contributed by atoms with E-state index in [9.17, 15) is 9.59 Å². The summed E-state index contributed by atoms with van der Waals surface area (Å²) < 4.78 is 7.47. The van der Waals surface area contributed by atoms with Gasteiger partial charge in [-0.15, -0.1) is 0 Å². The first kappa shape index (κ1) is 17.4. The molecule has 1 aromatic heterocycles. The van der Waals surface area contributed by atoms with Gasteiger partial charge in [0.1, 0.15) is 6.10 Å². The normalized spacial score (nSPS) is 20.6. The largest absolute Gasteiger partial charge is 0.370 e. The summed E-state index contributed by atoms with van der Waals surface area (Å²) in [7, 11) is 1.67. The lowest BCUT2D eigenvalue weighted by atomic mass is 9.98. The van der Waals surface area contributed by atoms with Crippen LogP contribution >= 0.6 is 0 Å². The van der Waals surface area contributed by atoms with Crippen LogP contribution in [-0.4, -0.2) is 34.6 Å². The van der Waals surface area contributed by atoms with Crippen molar-refractivity contribution in [3.05, 3.63) is 69.1 Å². The molecule has 1 aliphatic rings. The van der Waals surface area contributed by atoms with Crippen LogP contribution in [0.4, 0.5) is 0 Å². The first-order chi connectivity index (χ1) is 11.9. The maximum Gasteiger partial charge on any atom is 0.254 e. The van der Waals surface area contributed by atoms with Gasteiger partial charge in [0.25, 0.3) is 11.5 Å². The van der Waals surface area contributed by atoms with Crippen LogP contribution in [0.3, 0.4) is 0 Å². The fraction of sp³-hybridized carbons (Fsp3) is 0.400. The van der Waals surface area contributed by atoms with Gasteiger partial charge in [-0.3, -0.25) is 9.59 Å². The van der Waals surface area contributed by atoms with Crippen LogP contribution in [-0.2, 0) is 11.8 Å². The minimum atomic E-state index is -0.183. The molecule has 2 heterocycles. The molecule has 1 fully saturated rings. The Bertz CT molecular complexity index is 856. The molecular weight excluding hydrogens is 316 g/mol. The Morgan fingerprint density at radius 3 is 2.68 bits per heavy atom. The van der Waals surface area contributed by atoms with Gasteiger partial charge in [-0.1, -0.05) is 23.8 Å². The van der Waals surface area contributed by atoms with Crippen molar-refractivity contribution in [2.75, 3.05) is 13.2 Å². The molecule has 1 amide bonds. The topological polar surface area (TPSA) is 51.5 Å². The molecule has 0 unspecified atom stereocenters. The molecule has 5 nitrogen and oxygen atoms in total. The third kappa shape index (κ3) is 3.51. The summed E-state index contributed by atoms with van der Waals surface area (Å²) in [6.45, 7) is 7.05. The van der Waals surface area contributed by atoms with Gasteiger partial charge in [-0.2, -0.15) is 0 Å². The number of ether oxygens (including phenoxy) is 1. The Labute approximate surface area is 147 Å². The van der Waals surface area contributed by atoms with Crippen molar-refractivity contribution in [3.63, 3.8) is 0 Å². The smallest absolute Gasteiger partial charge is 0.254 e. The average Bonchev–Trinajstić information content (AvgIpc) is 2.59. The number of carbonyl (C=O) groups is 1. The summed E-state index contributed by atoms with van der Waals surface area (Å²) in [5.74, 6) is -0.121. The number of rotatable bonds is 2. The molecule has 0 N–H and O–H groups in total. The zero-order valence-electron chi connectivity index (χ0n) is 15.2. The highest BCUT2D eigenvalue weighted by atomic mass is 16.5. The summed E-state index contributed by atoms with van der Waals surface area (Å²) in [5.41, 5.74) is 3.70. The van der Waals surface area contributed by atoms with E-state index in [4.69, 9.17) is 4.74 Å². The van der Waals surface area contributed by atoms with E-state index in [1.54, 1.807) is 19.3 Å². The number of hydrogen-bond acceptors (Lipinski definition) is 3. The Morgan fingerprint density at radius 2 is 1.96 bits per heavy atom. The highest BCUT2D eigenvalue weighted by Gasteiger charge is 2.31. The molecule has 2 aromatic rings. The molecule has 25 heavy (non-hydrogen) atoms. The van der Waals surface area contributed by atoms with Crippen molar-refractivity contribution in [2.45, 2.75) is 32.9 Å². The minimum Gasteiger partial charge on any atom is -0.370 e. The van der Waals surface area contributed by atoms with E-state index in [1.165, 1.54) is 16.2 Å². The minimum absolute atomic E-state index is 0.0297. The van der Waals surface area contributed by atoms with Gasteiger partial charge < -0.3 is 14.2 Å². The van der Waals surface area contributed by atoms with Crippen molar-refractivity contribution in [1.29, 1.82) is 0 Å². The Morgan fingerprint density at radius 1 is 1.20 bits per heavy atom. The molecule has 0 spiro atoms. The number of amides is 1. The molecule has 0 aliphatic carbocycles. The molecule has 1 aliphatic heterocycles. The van der Waals surface area contributed by atoms with E-state index in [0.29, 0.717) is 18.7 Å². The maximum atomic E-state index is 12.9. The Hall–Kier alpha value is -2.40. The van der Waals surface area contributed by atoms with Crippen molar-refractivity contribution < 1.29 is 9.53 Å². The molecule has 0 radical (unpaired) electrons. The van der Waals surface area contributed by atoms with E-state index in [0.717, 1.165) is 11.1 Å². The van der Waals surface area contributed by atoms with Crippen LogP contribution in [0.1, 0.15) is 40.1 Å². The van der Waals surface area contributed by atoms with Crippen LogP contribution in [0.15, 0.2) is 41.3 Å². The second-order valence-corrected chi connectivity index (χ2v) is 6.85. The summed E-state index contributed by atoms with van der Waals surface area (Å²) >= 11 is 0. The van der Waals surface area contributed by atoms with E-state index in [-0.39, 0.29) is 23.6 Å². The third-order valence-corrected chi connectivity index (χ3v) is 4.83. The lowest BCUT2D eigenvalue weighted by Crippen LogP contribution is -2.48. The number of aryl methyl sites for hydroxylation is 3. The predicted molar refractivity (Wildman–Crippen MR) is 96.8 cm³/mol. The summed E-state index contributed by atoms with van der Waals surface area (Å²) in [6, 6.07) is 9.34. The van der Waals surface area contributed by atoms with E-state index >= 15 is 0 Å². The number of carbonyl (C=O) groups excluding carboxylic acids is 1. The average molecular weight is 340 g/mol. The van der Waals surface area contributed by atoms with E-state index in [1.807, 2.05) is 11.8 Å². The Kier molecular flexibility index (Phi) is 4.77. The quantitative estimate of drug-likeness (QED) is 0.844. The lowest BCUT2D eigenvalue weighted by Gasteiger charge is -2.38. The number of benzene rings is 1. The number of nitrogens with zero attached hydrogens (tertiary/aromatic N) is 2. The van der Waals surface area contributed by atoms with E-state index < -0.39 is 0 Å². The fourth-order valence-electron chi connectivity index (χ4n) is 3.18. The number of pyridine rings is 1. The number of morpholine rings is 1. The van der Waals surface area contributed by atoms with Gasteiger partial charge in [-0.05, 0) is 38.0 Å². The highest BCUT2D eigenvalue weighted by molar-refractivity contribution is 5.94. The van der Waals surface area contributed by atoms with Gasteiger partial charge in [0, 0.05) is 24.9 Å². The summed E-state index contributed by atoms with van der Waals surface area (Å²) in [5, 5.41) is 0. The van der Waals surface area contributed by atoms with Gasteiger partial charge in [-0.25, -0.2) is 0 Å². The van der Waals surface area contributed by atoms with Crippen LogP contribution in [0.25, 0.3) is 0 Å². The van der Waals surface area contributed by atoms with Crippen molar-refractivity contribution in [2.24, 2.45) is 7.05 Å². The molecule has 0 saturated carbocycles. The van der Waals surface area contributed by atoms with E-state index in [2.05, 4.69) is 32.0 Å². The lowest BCUT2D eigenvalue weighted by molar-refractivity contribution is -0.0489. The Balaban J connectivity index is 1.87. The van der Waals surface area contributed by atoms with Gasteiger partial charge in [0.05, 0.1) is 19.2 Å².